The summed E-state index contributed by atoms with van der Waals surface area (Å²) in [5, 5.41) is 4.84. The molecule has 2 aliphatic rings. The van der Waals surface area contributed by atoms with E-state index < -0.39 is 5.82 Å². The zero-order valence-electron chi connectivity index (χ0n) is 22.2. The van der Waals surface area contributed by atoms with Crippen LogP contribution in [0.4, 0.5) is 9.52 Å². The maximum atomic E-state index is 13.3. The molecule has 0 bridgehead atoms. The number of H-pyrrole nitrogens is 1. The molecule has 2 aromatic carbocycles. The number of carbonyl (C=O) groups excluding carboxylic acids is 3. The van der Waals surface area contributed by atoms with Crippen LogP contribution in [0.5, 0.6) is 0 Å². The monoisotopic (exact) mass is 576 g/mol. The first kappa shape index (κ1) is 26.9. The number of rotatable bonds is 8. The molecule has 10 nitrogen and oxygen atoms in total. The van der Waals surface area contributed by atoms with Crippen molar-refractivity contribution < 1.29 is 18.8 Å². The van der Waals surface area contributed by atoms with E-state index in [0.29, 0.717) is 42.3 Å². The number of nitrogens with one attached hydrogen (secondary N) is 2. The van der Waals surface area contributed by atoms with Crippen LogP contribution in [0.25, 0.3) is 11.0 Å². The number of halogens is 1. The predicted molar refractivity (Wildman–Crippen MR) is 152 cm³/mol. The molecule has 3 amide bonds. The lowest BCUT2D eigenvalue weighted by atomic mass is 10.0. The molecule has 4 aromatic rings. The van der Waals surface area contributed by atoms with Crippen molar-refractivity contribution in [1.82, 2.24) is 24.3 Å². The Hall–Kier alpha value is -4.32. The van der Waals surface area contributed by atoms with E-state index in [4.69, 9.17) is 0 Å². The number of para-hydroxylation sites is 2. The number of anilines is 1. The van der Waals surface area contributed by atoms with Crippen LogP contribution < -0.4 is 11.0 Å². The third-order valence-electron chi connectivity index (χ3n) is 7.59. The maximum absolute atomic E-state index is 13.3. The van der Waals surface area contributed by atoms with Crippen molar-refractivity contribution >= 4 is 45.2 Å². The van der Waals surface area contributed by atoms with E-state index in [1.807, 2.05) is 24.3 Å². The first-order valence-corrected chi connectivity index (χ1v) is 14.5. The van der Waals surface area contributed by atoms with Crippen LogP contribution >= 0.6 is 11.3 Å². The Bertz CT molecular complexity index is 1650. The van der Waals surface area contributed by atoms with E-state index in [2.05, 4.69) is 15.3 Å². The fraction of sp³-hybridized carbons (Fsp3) is 0.345. The van der Waals surface area contributed by atoms with Crippen molar-refractivity contribution in [3.63, 3.8) is 0 Å². The van der Waals surface area contributed by atoms with Gasteiger partial charge in [-0.3, -0.25) is 19.0 Å². The molecule has 1 aliphatic heterocycles. The molecule has 0 atom stereocenters. The molecule has 1 saturated carbocycles. The Balaban J connectivity index is 1.01. The largest absolute Gasteiger partial charge is 0.342 e. The number of hydrogen-bond donors (Lipinski definition) is 2. The summed E-state index contributed by atoms with van der Waals surface area (Å²) in [5.41, 5.74) is 2.44. The van der Waals surface area contributed by atoms with E-state index in [0.717, 1.165) is 23.9 Å². The predicted octanol–water partition coefficient (Wildman–Crippen LogP) is 3.57. The number of piperidine rings is 1. The van der Waals surface area contributed by atoms with Crippen LogP contribution in [0.3, 0.4) is 0 Å². The molecule has 41 heavy (non-hydrogen) atoms. The molecule has 1 saturated heterocycles. The van der Waals surface area contributed by atoms with Gasteiger partial charge in [-0.05, 0) is 62.1 Å². The molecule has 0 radical (unpaired) electrons. The number of amides is 3. The summed E-state index contributed by atoms with van der Waals surface area (Å²) in [6, 6.07) is 12.9. The van der Waals surface area contributed by atoms with Gasteiger partial charge in [-0.2, -0.15) is 0 Å². The van der Waals surface area contributed by atoms with Crippen molar-refractivity contribution in [2.75, 3.05) is 25.0 Å². The minimum absolute atomic E-state index is 0.0125. The SMILES string of the molecule is O=C(CN(C(=O)c1ccc(F)cc1)C1CC1)Nc1nc(CC(=O)N2CCC(n3c(=O)[nH]c4ccccc43)CC2)cs1. The number of hydrogen-bond acceptors (Lipinski definition) is 6. The van der Waals surface area contributed by atoms with Gasteiger partial charge in [0.15, 0.2) is 5.13 Å². The van der Waals surface area contributed by atoms with Gasteiger partial charge in [-0.1, -0.05) is 12.1 Å². The lowest BCUT2D eigenvalue weighted by molar-refractivity contribution is -0.131. The smallest absolute Gasteiger partial charge is 0.326 e. The molecule has 3 heterocycles. The van der Waals surface area contributed by atoms with Gasteiger partial charge in [0.25, 0.3) is 5.91 Å². The molecule has 212 valence electrons. The number of benzene rings is 2. The summed E-state index contributed by atoms with van der Waals surface area (Å²) < 4.78 is 15.1. The normalized spacial score (nSPS) is 15.7. The standard InChI is InChI=1S/C29H29FN6O4S/c30-19-7-5-18(6-8-19)27(39)35(21-9-10-21)16-25(37)33-28-31-20(17-41-28)15-26(38)34-13-11-22(12-14-34)36-24-4-2-1-3-23(24)32-29(36)40/h1-8,17,21-22H,9-16H2,(H,32,40)(H,31,33,37). The van der Waals surface area contributed by atoms with Crippen LogP contribution in [-0.2, 0) is 16.0 Å². The highest BCUT2D eigenvalue weighted by Crippen LogP contribution is 2.29. The number of carbonyl (C=O) groups is 3. The van der Waals surface area contributed by atoms with Gasteiger partial charge in [0.2, 0.25) is 11.8 Å². The summed E-state index contributed by atoms with van der Waals surface area (Å²) >= 11 is 1.22. The average molecular weight is 577 g/mol. The van der Waals surface area contributed by atoms with Gasteiger partial charge in [0, 0.05) is 36.1 Å². The van der Waals surface area contributed by atoms with E-state index >= 15 is 0 Å². The molecule has 12 heteroatoms. The van der Waals surface area contributed by atoms with Gasteiger partial charge < -0.3 is 20.1 Å². The number of thiazole rings is 1. The molecule has 2 fully saturated rings. The molecule has 2 N–H and O–H groups in total. The van der Waals surface area contributed by atoms with Gasteiger partial charge in [0.05, 0.1) is 23.1 Å². The first-order valence-electron chi connectivity index (χ1n) is 13.6. The Morgan fingerprint density at radius 1 is 1.05 bits per heavy atom. The third-order valence-corrected chi connectivity index (χ3v) is 8.40. The second kappa shape index (κ2) is 11.3. The fourth-order valence-electron chi connectivity index (χ4n) is 5.35. The summed E-state index contributed by atoms with van der Waals surface area (Å²) in [7, 11) is 0. The van der Waals surface area contributed by atoms with Crippen molar-refractivity contribution in [3.05, 3.63) is 81.5 Å². The average Bonchev–Trinajstić information content (AvgIpc) is 3.63. The molecule has 6 rings (SSSR count). The second-order valence-electron chi connectivity index (χ2n) is 10.5. The summed E-state index contributed by atoms with van der Waals surface area (Å²) in [6.45, 7) is 0.952. The van der Waals surface area contributed by atoms with E-state index in [1.165, 1.54) is 40.5 Å². The number of imidazole rings is 1. The summed E-state index contributed by atoms with van der Waals surface area (Å²) in [6.07, 6.45) is 3.11. The van der Waals surface area contributed by atoms with Crippen molar-refractivity contribution in [2.45, 2.75) is 44.2 Å². The highest BCUT2D eigenvalue weighted by molar-refractivity contribution is 7.13. The van der Waals surface area contributed by atoms with Crippen molar-refractivity contribution in [1.29, 1.82) is 0 Å². The number of fused-ring (bicyclic) bond motifs is 1. The summed E-state index contributed by atoms with van der Waals surface area (Å²) in [4.78, 5) is 61.8. The Kier molecular flexibility index (Phi) is 7.39. The first-order chi connectivity index (χ1) is 19.9. The lowest BCUT2D eigenvalue weighted by Gasteiger charge is -2.32. The van der Waals surface area contributed by atoms with Crippen molar-refractivity contribution in [2.24, 2.45) is 0 Å². The molecular weight excluding hydrogens is 547 g/mol. The number of nitrogens with zero attached hydrogens (tertiary/aromatic N) is 4. The maximum Gasteiger partial charge on any atom is 0.326 e. The van der Waals surface area contributed by atoms with Gasteiger partial charge in [-0.25, -0.2) is 14.2 Å². The lowest BCUT2D eigenvalue weighted by Crippen LogP contribution is -2.41. The molecule has 1 aliphatic carbocycles. The van der Waals surface area contributed by atoms with Gasteiger partial charge in [-0.15, -0.1) is 11.3 Å². The highest BCUT2D eigenvalue weighted by atomic mass is 32.1. The quantitative estimate of drug-likeness (QED) is 0.332. The third kappa shape index (κ3) is 5.92. The highest BCUT2D eigenvalue weighted by Gasteiger charge is 2.34. The molecular formula is C29H29FN6O4S. The van der Waals surface area contributed by atoms with E-state index in [-0.39, 0.29) is 48.5 Å². The van der Waals surface area contributed by atoms with Crippen LogP contribution in [0.2, 0.25) is 0 Å². The molecule has 2 aromatic heterocycles. The van der Waals surface area contributed by atoms with E-state index in [1.54, 1.807) is 14.8 Å². The van der Waals surface area contributed by atoms with Crippen molar-refractivity contribution in [3.8, 4) is 0 Å². The zero-order chi connectivity index (χ0) is 28.5. The fourth-order valence-corrected chi connectivity index (χ4v) is 6.07. The van der Waals surface area contributed by atoms with Gasteiger partial charge in [0.1, 0.15) is 12.4 Å². The zero-order valence-corrected chi connectivity index (χ0v) is 23.0. The van der Waals surface area contributed by atoms with Gasteiger partial charge >= 0.3 is 5.69 Å². The Morgan fingerprint density at radius 3 is 2.51 bits per heavy atom. The Morgan fingerprint density at radius 2 is 1.78 bits per heavy atom. The molecule has 0 unspecified atom stereocenters. The van der Waals surface area contributed by atoms with E-state index in [9.17, 15) is 23.6 Å². The van der Waals surface area contributed by atoms with Crippen LogP contribution in [0, 0.1) is 5.82 Å². The summed E-state index contributed by atoms with van der Waals surface area (Å²) in [5.74, 6) is -1.18. The van der Waals surface area contributed by atoms with Crippen LogP contribution in [0.15, 0.2) is 58.7 Å². The number of aromatic nitrogens is 3. The number of aromatic amines is 1. The van der Waals surface area contributed by atoms with Crippen LogP contribution in [0.1, 0.15) is 47.8 Å². The topological polar surface area (TPSA) is 120 Å². The number of likely N-dealkylation sites (tertiary alicyclic amines) is 1. The Labute approximate surface area is 238 Å². The minimum Gasteiger partial charge on any atom is -0.342 e. The van der Waals surface area contributed by atoms with Crippen LogP contribution in [-0.4, -0.2) is 67.7 Å². The minimum atomic E-state index is -0.429. The molecule has 0 spiro atoms. The second-order valence-corrected chi connectivity index (χ2v) is 11.3.